The Hall–Kier alpha value is -1.39. The molecule has 5 heteroatoms. The Kier molecular flexibility index (Phi) is 5.01. The smallest absolute Gasteiger partial charge is 0.176 e. The van der Waals surface area contributed by atoms with E-state index in [9.17, 15) is 4.79 Å². The molecule has 0 aliphatic rings. The van der Waals surface area contributed by atoms with E-state index in [4.69, 9.17) is 16.3 Å². The zero-order chi connectivity index (χ0) is 15.5. The molecule has 112 valence electrons. The maximum Gasteiger partial charge on any atom is 0.176 e. The van der Waals surface area contributed by atoms with Gasteiger partial charge in [-0.3, -0.25) is 4.79 Å². The van der Waals surface area contributed by atoms with Crippen LogP contribution in [0.1, 0.15) is 31.5 Å². The molecule has 0 saturated heterocycles. The number of ketones is 1. The van der Waals surface area contributed by atoms with Gasteiger partial charge in [-0.2, -0.15) is 0 Å². The Morgan fingerprint density at radius 3 is 2.52 bits per heavy atom. The predicted octanol–water partition coefficient (Wildman–Crippen LogP) is 4.28. The number of ether oxygens (including phenoxy) is 1. The van der Waals surface area contributed by atoms with Crippen molar-refractivity contribution in [1.82, 2.24) is 4.98 Å². The number of halogens is 1. The molecule has 0 N–H and O–H groups in total. The van der Waals surface area contributed by atoms with E-state index in [0.717, 1.165) is 10.7 Å². The van der Waals surface area contributed by atoms with Crippen molar-refractivity contribution < 1.29 is 9.53 Å². The van der Waals surface area contributed by atoms with Crippen LogP contribution < -0.4 is 4.74 Å². The second-order valence-electron chi connectivity index (χ2n) is 5.83. The maximum atomic E-state index is 11.9. The third-order valence-electron chi connectivity index (χ3n) is 2.88. The molecule has 1 heterocycles. The molecule has 0 atom stereocenters. The van der Waals surface area contributed by atoms with Gasteiger partial charge in [0.15, 0.2) is 5.78 Å². The van der Waals surface area contributed by atoms with Crippen LogP contribution >= 0.6 is 22.9 Å². The van der Waals surface area contributed by atoms with Gasteiger partial charge in [-0.1, -0.05) is 32.4 Å². The Morgan fingerprint density at radius 2 is 1.95 bits per heavy atom. The van der Waals surface area contributed by atoms with Crippen LogP contribution in [0.2, 0.25) is 5.02 Å². The van der Waals surface area contributed by atoms with E-state index < -0.39 is 0 Å². The largest absolute Gasteiger partial charge is 0.486 e. The Balaban J connectivity index is 1.87. The summed E-state index contributed by atoms with van der Waals surface area (Å²) in [6, 6.07) is 6.96. The third-order valence-corrected chi connectivity index (χ3v) is 3.98. The molecule has 0 fully saturated rings. The van der Waals surface area contributed by atoms with E-state index in [-0.39, 0.29) is 17.8 Å². The molecule has 0 aliphatic heterocycles. The number of nitrogens with zero attached hydrogens (tertiary/aromatic N) is 1. The summed E-state index contributed by atoms with van der Waals surface area (Å²) in [5, 5.41) is 3.50. The monoisotopic (exact) mass is 323 g/mol. The Morgan fingerprint density at radius 1 is 1.29 bits per heavy atom. The number of benzene rings is 1. The SMILES string of the molecule is CC(C)(C)c1csc(CC(=O)COc2ccc(Cl)cc2)n1. The van der Waals surface area contributed by atoms with Gasteiger partial charge in [0.25, 0.3) is 0 Å². The summed E-state index contributed by atoms with van der Waals surface area (Å²) >= 11 is 7.31. The van der Waals surface area contributed by atoms with Gasteiger partial charge < -0.3 is 4.74 Å². The van der Waals surface area contributed by atoms with Gasteiger partial charge in [-0.05, 0) is 24.3 Å². The highest BCUT2D eigenvalue weighted by atomic mass is 35.5. The molecule has 0 bridgehead atoms. The molecule has 0 amide bonds. The van der Waals surface area contributed by atoms with Crippen LogP contribution in [-0.4, -0.2) is 17.4 Å². The summed E-state index contributed by atoms with van der Waals surface area (Å²) in [5.74, 6) is 0.655. The van der Waals surface area contributed by atoms with Gasteiger partial charge >= 0.3 is 0 Å². The molecule has 21 heavy (non-hydrogen) atoms. The van der Waals surface area contributed by atoms with E-state index in [1.165, 1.54) is 11.3 Å². The van der Waals surface area contributed by atoms with Crippen molar-refractivity contribution in [2.75, 3.05) is 6.61 Å². The van der Waals surface area contributed by atoms with Crippen LogP contribution in [0.5, 0.6) is 5.75 Å². The minimum atomic E-state index is 0.0115. The highest BCUT2D eigenvalue weighted by molar-refractivity contribution is 7.09. The minimum Gasteiger partial charge on any atom is -0.486 e. The summed E-state index contributed by atoms with van der Waals surface area (Å²) < 4.78 is 5.44. The quantitative estimate of drug-likeness (QED) is 0.824. The van der Waals surface area contributed by atoms with Gasteiger partial charge in [0.1, 0.15) is 17.4 Å². The fraction of sp³-hybridized carbons (Fsp3) is 0.375. The summed E-state index contributed by atoms with van der Waals surface area (Å²) in [6.45, 7) is 6.37. The van der Waals surface area contributed by atoms with Crippen molar-refractivity contribution >= 4 is 28.7 Å². The van der Waals surface area contributed by atoms with E-state index in [1.54, 1.807) is 24.3 Å². The number of carbonyl (C=O) groups is 1. The molecule has 0 aliphatic carbocycles. The van der Waals surface area contributed by atoms with E-state index in [1.807, 2.05) is 5.38 Å². The molecule has 0 radical (unpaired) electrons. The van der Waals surface area contributed by atoms with Crippen LogP contribution in [0, 0.1) is 0 Å². The lowest BCUT2D eigenvalue weighted by Crippen LogP contribution is -2.15. The number of rotatable bonds is 5. The number of aromatic nitrogens is 1. The first-order valence-electron chi connectivity index (χ1n) is 6.69. The lowest BCUT2D eigenvalue weighted by Gasteiger charge is -2.14. The van der Waals surface area contributed by atoms with Crippen molar-refractivity contribution in [3.8, 4) is 5.75 Å². The first-order chi connectivity index (χ1) is 9.84. The number of thiazole rings is 1. The second kappa shape index (κ2) is 6.58. The van der Waals surface area contributed by atoms with Crippen LogP contribution in [0.25, 0.3) is 0 Å². The van der Waals surface area contributed by atoms with Crippen molar-refractivity contribution in [2.45, 2.75) is 32.6 Å². The lowest BCUT2D eigenvalue weighted by molar-refractivity contribution is -0.120. The summed E-state index contributed by atoms with van der Waals surface area (Å²) in [4.78, 5) is 16.4. The van der Waals surface area contributed by atoms with Crippen LogP contribution in [0.4, 0.5) is 0 Å². The van der Waals surface area contributed by atoms with Gasteiger partial charge in [0.2, 0.25) is 0 Å². The molecule has 2 rings (SSSR count). The topological polar surface area (TPSA) is 39.2 Å². The van der Waals surface area contributed by atoms with Crippen LogP contribution in [0.3, 0.4) is 0 Å². The first-order valence-corrected chi connectivity index (χ1v) is 7.95. The van der Waals surface area contributed by atoms with Gasteiger partial charge in [0, 0.05) is 15.8 Å². The second-order valence-corrected chi connectivity index (χ2v) is 7.21. The average molecular weight is 324 g/mol. The fourth-order valence-electron chi connectivity index (χ4n) is 1.65. The van der Waals surface area contributed by atoms with Crippen LogP contribution in [-0.2, 0) is 16.6 Å². The maximum absolute atomic E-state index is 11.9. The van der Waals surface area contributed by atoms with E-state index >= 15 is 0 Å². The van der Waals surface area contributed by atoms with Crippen molar-refractivity contribution in [3.05, 3.63) is 45.4 Å². The van der Waals surface area contributed by atoms with Gasteiger partial charge in [0.05, 0.1) is 12.1 Å². The van der Waals surface area contributed by atoms with Crippen molar-refractivity contribution in [1.29, 1.82) is 0 Å². The highest BCUT2D eigenvalue weighted by Crippen LogP contribution is 2.24. The van der Waals surface area contributed by atoms with Gasteiger partial charge in [-0.15, -0.1) is 11.3 Å². The lowest BCUT2D eigenvalue weighted by atomic mass is 9.93. The minimum absolute atomic E-state index is 0.0115. The number of Topliss-reactive ketones (excluding diaryl/α,β-unsaturated/α-hetero) is 1. The summed E-state index contributed by atoms with van der Waals surface area (Å²) in [6.07, 6.45) is 0.314. The fourth-order valence-corrected chi connectivity index (χ4v) is 2.83. The molecule has 0 spiro atoms. The summed E-state index contributed by atoms with van der Waals surface area (Å²) in [7, 11) is 0. The Labute approximate surface area is 133 Å². The molecule has 0 saturated carbocycles. The predicted molar refractivity (Wildman–Crippen MR) is 86.5 cm³/mol. The molecular weight excluding hydrogens is 306 g/mol. The average Bonchev–Trinajstić information content (AvgIpc) is 2.86. The highest BCUT2D eigenvalue weighted by Gasteiger charge is 2.18. The summed E-state index contributed by atoms with van der Waals surface area (Å²) in [5.41, 5.74) is 1.03. The number of hydrogen-bond acceptors (Lipinski definition) is 4. The molecule has 0 unspecified atom stereocenters. The normalized spacial score (nSPS) is 11.4. The molecule has 1 aromatic carbocycles. The Bertz CT molecular complexity index is 614. The van der Waals surface area contributed by atoms with E-state index in [0.29, 0.717) is 17.2 Å². The van der Waals surface area contributed by atoms with Crippen LogP contribution in [0.15, 0.2) is 29.6 Å². The standard InChI is InChI=1S/C16H18ClNO2S/c1-16(2,3)14-10-21-15(18-14)8-12(19)9-20-13-6-4-11(17)5-7-13/h4-7,10H,8-9H2,1-3H3. The van der Waals surface area contributed by atoms with Crippen molar-refractivity contribution in [3.63, 3.8) is 0 Å². The first kappa shape index (κ1) is 16.0. The number of hydrogen-bond donors (Lipinski definition) is 0. The van der Waals surface area contributed by atoms with Crippen molar-refractivity contribution in [2.24, 2.45) is 0 Å². The van der Waals surface area contributed by atoms with Gasteiger partial charge in [-0.25, -0.2) is 4.98 Å². The number of carbonyl (C=O) groups excluding carboxylic acids is 1. The van der Waals surface area contributed by atoms with E-state index in [2.05, 4.69) is 25.8 Å². The third kappa shape index (κ3) is 4.83. The molecular formula is C16H18ClNO2S. The zero-order valence-corrected chi connectivity index (χ0v) is 13.9. The zero-order valence-electron chi connectivity index (χ0n) is 12.4. The molecule has 2 aromatic rings. The molecule has 3 nitrogen and oxygen atoms in total. The molecule has 1 aromatic heterocycles.